The van der Waals surface area contributed by atoms with Crippen LogP contribution in [0.3, 0.4) is 0 Å². The van der Waals surface area contributed by atoms with Crippen molar-refractivity contribution >= 4 is 5.91 Å². The first kappa shape index (κ1) is 14.5. The van der Waals surface area contributed by atoms with Crippen molar-refractivity contribution in [2.45, 2.75) is 52.6 Å². The predicted octanol–water partition coefficient (Wildman–Crippen LogP) is 0.960. The van der Waals surface area contributed by atoms with E-state index < -0.39 is 6.04 Å². The zero-order valence-electron chi connectivity index (χ0n) is 11.6. The first-order valence-corrected chi connectivity index (χ1v) is 6.63. The molecule has 1 aliphatic rings. The number of carbonyl (C=O) groups excluding carboxylic acids is 1. The van der Waals surface area contributed by atoms with E-state index in [1.165, 1.54) is 12.8 Å². The molecule has 0 aromatic rings. The summed E-state index contributed by atoms with van der Waals surface area (Å²) in [5.74, 6) is -0.0376. The Morgan fingerprint density at radius 1 is 1.47 bits per heavy atom. The lowest BCUT2D eigenvalue weighted by Gasteiger charge is -2.26. The maximum Gasteiger partial charge on any atom is 0.237 e. The smallest absolute Gasteiger partial charge is 0.237 e. The van der Waals surface area contributed by atoms with Crippen molar-refractivity contribution in [2.24, 2.45) is 11.1 Å². The van der Waals surface area contributed by atoms with Gasteiger partial charge in [0.1, 0.15) is 0 Å². The normalized spacial score (nSPS) is 18.2. The standard InChI is InChI=1S/C13H27N3O/c1-5-16(10-6-7-10)9-8-15-12(17)11(14)13(2,3)4/h10-11H,5-9,14H2,1-4H3,(H,15,17). The lowest BCUT2D eigenvalue weighted by Crippen LogP contribution is -2.50. The van der Waals surface area contributed by atoms with E-state index in [-0.39, 0.29) is 11.3 Å². The molecule has 1 saturated carbocycles. The van der Waals surface area contributed by atoms with E-state index >= 15 is 0 Å². The number of nitrogens with one attached hydrogen (secondary N) is 1. The summed E-state index contributed by atoms with van der Waals surface area (Å²) in [6.07, 6.45) is 2.62. The molecule has 0 aliphatic heterocycles. The summed E-state index contributed by atoms with van der Waals surface area (Å²) in [5, 5.41) is 2.93. The van der Waals surface area contributed by atoms with Gasteiger partial charge < -0.3 is 11.1 Å². The van der Waals surface area contributed by atoms with Gasteiger partial charge in [-0.05, 0) is 24.8 Å². The molecule has 17 heavy (non-hydrogen) atoms. The lowest BCUT2D eigenvalue weighted by molar-refractivity contribution is -0.124. The molecule has 1 atom stereocenters. The van der Waals surface area contributed by atoms with Crippen LogP contribution in [-0.2, 0) is 4.79 Å². The van der Waals surface area contributed by atoms with Crippen LogP contribution in [0.4, 0.5) is 0 Å². The van der Waals surface area contributed by atoms with E-state index in [0.717, 1.165) is 19.1 Å². The SMILES string of the molecule is CCN(CCNC(=O)C(N)C(C)(C)C)C1CC1. The van der Waals surface area contributed by atoms with E-state index in [1.807, 2.05) is 20.8 Å². The van der Waals surface area contributed by atoms with Crippen LogP contribution in [0.25, 0.3) is 0 Å². The molecule has 4 nitrogen and oxygen atoms in total. The molecule has 1 amide bonds. The molecule has 0 aromatic heterocycles. The Kier molecular flexibility index (Phi) is 4.95. The fraction of sp³-hybridized carbons (Fsp3) is 0.923. The van der Waals surface area contributed by atoms with E-state index in [9.17, 15) is 4.79 Å². The van der Waals surface area contributed by atoms with Crippen LogP contribution in [0, 0.1) is 5.41 Å². The van der Waals surface area contributed by atoms with Gasteiger partial charge in [-0.3, -0.25) is 9.69 Å². The maximum atomic E-state index is 11.8. The van der Waals surface area contributed by atoms with Crippen LogP contribution >= 0.6 is 0 Å². The third-order valence-electron chi connectivity index (χ3n) is 3.38. The summed E-state index contributed by atoms with van der Waals surface area (Å²) >= 11 is 0. The molecule has 1 fully saturated rings. The van der Waals surface area contributed by atoms with E-state index in [1.54, 1.807) is 0 Å². The molecule has 0 bridgehead atoms. The van der Waals surface area contributed by atoms with Crippen LogP contribution < -0.4 is 11.1 Å². The Morgan fingerprint density at radius 2 is 2.06 bits per heavy atom. The number of amides is 1. The molecule has 0 spiro atoms. The minimum absolute atomic E-state index is 0.0376. The number of hydrogen-bond acceptors (Lipinski definition) is 3. The molecule has 100 valence electrons. The van der Waals surface area contributed by atoms with Gasteiger partial charge in [0.25, 0.3) is 0 Å². The number of carbonyl (C=O) groups is 1. The molecule has 3 N–H and O–H groups in total. The van der Waals surface area contributed by atoms with Gasteiger partial charge >= 0.3 is 0 Å². The van der Waals surface area contributed by atoms with Gasteiger partial charge in [-0.2, -0.15) is 0 Å². The molecule has 1 aliphatic carbocycles. The Hall–Kier alpha value is -0.610. The van der Waals surface area contributed by atoms with Crippen molar-refractivity contribution in [2.75, 3.05) is 19.6 Å². The van der Waals surface area contributed by atoms with Crippen LogP contribution in [0.5, 0.6) is 0 Å². The van der Waals surface area contributed by atoms with E-state index in [0.29, 0.717) is 6.54 Å². The molecule has 0 saturated heterocycles. The first-order valence-electron chi connectivity index (χ1n) is 6.63. The Morgan fingerprint density at radius 3 is 2.47 bits per heavy atom. The zero-order valence-corrected chi connectivity index (χ0v) is 11.6. The van der Waals surface area contributed by atoms with Gasteiger partial charge in [0.15, 0.2) is 0 Å². The summed E-state index contributed by atoms with van der Waals surface area (Å²) in [6.45, 7) is 10.8. The number of rotatable bonds is 6. The number of hydrogen-bond donors (Lipinski definition) is 2. The van der Waals surface area contributed by atoms with Crippen molar-refractivity contribution < 1.29 is 4.79 Å². The molecule has 0 aromatic carbocycles. The third kappa shape index (κ3) is 4.64. The van der Waals surface area contributed by atoms with Crippen molar-refractivity contribution in [1.29, 1.82) is 0 Å². The highest BCUT2D eigenvalue weighted by Gasteiger charge is 2.29. The zero-order chi connectivity index (χ0) is 13.1. The van der Waals surface area contributed by atoms with Gasteiger partial charge in [-0.1, -0.05) is 27.7 Å². The average Bonchev–Trinajstić information content (AvgIpc) is 3.05. The number of nitrogens with two attached hydrogens (primary N) is 1. The van der Waals surface area contributed by atoms with E-state index in [2.05, 4.69) is 17.1 Å². The Balaban J connectivity index is 2.23. The number of likely N-dealkylation sites (N-methyl/N-ethyl adjacent to an activating group) is 1. The minimum atomic E-state index is -0.432. The second kappa shape index (κ2) is 5.83. The highest BCUT2D eigenvalue weighted by atomic mass is 16.2. The van der Waals surface area contributed by atoms with Crippen molar-refractivity contribution in [3.05, 3.63) is 0 Å². The van der Waals surface area contributed by atoms with Crippen LogP contribution in [0.1, 0.15) is 40.5 Å². The Bertz CT molecular complexity index is 256. The predicted molar refractivity (Wildman–Crippen MR) is 70.7 cm³/mol. The Labute approximate surface area is 105 Å². The topological polar surface area (TPSA) is 58.4 Å². The second-order valence-electron chi connectivity index (χ2n) is 5.99. The van der Waals surface area contributed by atoms with Crippen LogP contribution in [-0.4, -0.2) is 42.5 Å². The van der Waals surface area contributed by atoms with Crippen molar-refractivity contribution in [3.8, 4) is 0 Å². The minimum Gasteiger partial charge on any atom is -0.353 e. The van der Waals surface area contributed by atoms with Crippen molar-refractivity contribution in [1.82, 2.24) is 10.2 Å². The maximum absolute atomic E-state index is 11.8. The van der Waals surface area contributed by atoms with Gasteiger partial charge in [-0.25, -0.2) is 0 Å². The average molecular weight is 241 g/mol. The van der Waals surface area contributed by atoms with Crippen LogP contribution in [0.15, 0.2) is 0 Å². The number of nitrogens with zero attached hydrogens (tertiary/aromatic N) is 1. The fourth-order valence-corrected chi connectivity index (χ4v) is 1.86. The van der Waals surface area contributed by atoms with Gasteiger partial charge in [0.05, 0.1) is 6.04 Å². The fourth-order valence-electron chi connectivity index (χ4n) is 1.86. The molecule has 1 rings (SSSR count). The summed E-state index contributed by atoms with van der Waals surface area (Å²) in [5.41, 5.74) is 5.71. The molecule has 0 heterocycles. The lowest BCUT2D eigenvalue weighted by atomic mass is 9.87. The van der Waals surface area contributed by atoms with Crippen LogP contribution in [0.2, 0.25) is 0 Å². The molecular formula is C13H27N3O. The monoisotopic (exact) mass is 241 g/mol. The van der Waals surface area contributed by atoms with Gasteiger partial charge in [0.2, 0.25) is 5.91 Å². The van der Waals surface area contributed by atoms with Gasteiger partial charge in [-0.15, -0.1) is 0 Å². The highest BCUT2D eigenvalue weighted by molar-refractivity contribution is 5.82. The van der Waals surface area contributed by atoms with E-state index in [4.69, 9.17) is 5.73 Å². The molecule has 1 unspecified atom stereocenters. The first-order chi connectivity index (χ1) is 7.86. The molecular weight excluding hydrogens is 214 g/mol. The highest BCUT2D eigenvalue weighted by Crippen LogP contribution is 2.25. The van der Waals surface area contributed by atoms with Crippen molar-refractivity contribution in [3.63, 3.8) is 0 Å². The molecule has 4 heteroatoms. The summed E-state index contributed by atoms with van der Waals surface area (Å²) in [4.78, 5) is 14.2. The van der Waals surface area contributed by atoms with Gasteiger partial charge in [0, 0.05) is 19.1 Å². The summed E-state index contributed by atoms with van der Waals surface area (Å²) in [6, 6.07) is 0.326. The largest absolute Gasteiger partial charge is 0.353 e. The molecule has 0 radical (unpaired) electrons. The third-order valence-corrected chi connectivity index (χ3v) is 3.38. The quantitative estimate of drug-likeness (QED) is 0.728. The summed E-state index contributed by atoms with van der Waals surface area (Å²) in [7, 11) is 0. The second-order valence-corrected chi connectivity index (χ2v) is 5.99. The summed E-state index contributed by atoms with van der Waals surface area (Å²) < 4.78 is 0.